The number of carbonyl (C=O) groups is 4. The highest BCUT2D eigenvalue weighted by Crippen LogP contribution is 2.42. The fraction of sp³-hybridized carbons (Fsp3) is 0.115. The zero-order chi connectivity index (χ0) is 29.1. The highest BCUT2D eigenvalue weighted by molar-refractivity contribution is 8.00. The summed E-state index contributed by atoms with van der Waals surface area (Å²) in [6.07, 6.45) is -0.0425. The van der Waals surface area contributed by atoms with E-state index in [-0.39, 0.29) is 39.1 Å². The predicted molar refractivity (Wildman–Crippen MR) is 157 cm³/mol. The summed E-state index contributed by atoms with van der Waals surface area (Å²) in [5, 5.41) is 18.4. The van der Waals surface area contributed by atoms with E-state index in [4.69, 9.17) is 46.4 Å². The number of para-hydroxylation sites is 1. The number of carbonyl (C=O) groups excluding carboxylic acids is 3. The Kier molecular flexibility index (Phi) is 9.27. The van der Waals surface area contributed by atoms with Crippen molar-refractivity contribution in [1.29, 1.82) is 0 Å². The fourth-order valence-corrected chi connectivity index (χ4v) is 5.60. The summed E-state index contributed by atoms with van der Waals surface area (Å²) in [7, 11) is 0. The molecule has 40 heavy (non-hydrogen) atoms. The Hall–Kier alpha value is -3.28. The average molecular weight is 640 g/mol. The number of aromatic carboxylic acids is 1. The van der Waals surface area contributed by atoms with Crippen LogP contribution in [0.15, 0.2) is 64.6 Å². The van der Waals surface area contributed by atoms with Crippen molar-refractivity contribution in [2.24, 2.45) is 5.10 Å². The lowest BCUT2D eigenvalue weighted by Gasteiger charge is -2.15. The third kappa shape index (κ3) is 6.37. The molecule has 3 aromatic carbocycles. The van der Waals surface area contributed by atoms with Gasteiger partial charge in [-0.1, -0.05) is 70.7 Å². The lowest BCUT2D eigenvalue weighted by atomic mass is 10.1. The normalized spacial score (nSPS) is 13.6. The quantitative estimate of drug-likeness (QED) is 0.152. The van der Waals surface area contributed by atoms with Crippen molar-refractivity contribution in [2.75, 3.05) is 10.3 Å². The number of hydrazone groups is 1. The highest BCUT2D eigenvalue weighted by atomic mass is 35.5. The van der Waals surface area contributed by atoms with Gasteiger partial charge in [0.25, 0.3) is 11.8 Å². The maximum absolute atomic E-state index is 13.0. The van der Waals surface area contributed by atoms with Crippen molar-refractivity contribution in [2.45, 2.75) is 23.5 Å². The summed E-state index contributed by atoms with van der Waals surface area (Å²) in [6, 6.07) is 15.4. The van der Waals surface area contributed by atoms with Crippen LogP contribution in [0.4, 0.5) is 11.4 Å². The Morgan fingerprint density at radius 2 is 1.57 bits per heavy atom. The highest BCUT2D eigenvalue weighted by Gasteiger charge is 2.30. The topological polar surface area (TPSA) is 128 Å². The van der Waals surface area contributed by atoms with E-state index in [1.807, 2.05) is 6.07 Å². The number of nitrogens with zero attached hydrogens (tertiary/aromatic N) is 2. The van der Waals surface area contributed by atoms with Crippen LogP contribution in [-0.2, 0) is 9.59 Å². The fourth-order valence-electron chi connectivity index (χ4n) is 3.66. The maximum Gasteiger partial charge on any atom is 0.338 e. The van der Waals surface area contributed by atoms with Crippen LogP contribution in [0.5, 0.6) is 0 Å². The van der Waals surface area contributed by atoms with Gasteiger partial charge in [0.1, 0.15) is 5.84 Å². The molecule has 14 heteroatoms. The van der Waals surface area contributed by atoms with Gasteiger partial charge in [0.05, 0.1) is 48.6 Å². The lowest BCUT2D eigenvalue weighted by Crippen LogP contribution is -2.35. The van der Waals surface area contributed by atoms with Gasteiger partial charge >= 0.3 is 5.97 Å². The number of hydrogen-bond donors (Lipinski definition) is 3. The van der Waals surface area contributed by atoms with Crippen LogP contribution >= 0.6 is 58.2 Å². The largest absolute Gasteiger partial charge is 0.478 e. The average Bonchev–Trinajstić information content (AvgIpc) is 3.29. The lowest BCUT2D eigenvalue weighted by molar-refractivity contribution is -0.118. The molecular weight excluding hydrogens is 622 g/mol. The van der Waals surface area contributed by atoms with Gasteiger partial charge < -0.3 is 15.7 Å². The smallest absolute Gasteiger partial charge is 0.338 e. The molecule has 0 saturated heterocycles. The molecule has 206 valence electrons. The number of halogens is 4. The van der Waals surface area contributed by atoms with E-state index < -0.39 is 33.3 Å². The molecule has 0 saturated carbocycles. The van der Waals surface area contributed by atoms with Crippen LogP contribution in [0, 0.1) is 0 Å². The minimum atomic E-state index is -1.51. The summed E-state index contributed by atoms with van der Waals surface area (Å²) < 4.78 is 0. The Morgan fingerprint density at radius 1 is 0.925 bits per heavy atom. The van der Waals surface area contributed by atoms with Crippen molar-refractivity contribution in [3.05, 3.63) is 85.8 Å². The molecule has 0 radical (unpaired) electrons. The molecule has 3 N–H and O–H groups in total. The zero-order valence-corrected chi connectivity index (χ0v) is 24.2. The molecule has 1 heterocycles. The molecule has 0 bridgehead atoms. The zero-order valence-electron chi connectivity index (χ0n) is 20.4. The minimum absolute atomic E-state index is 0.0425. The van der Waals surface area contributed by atoms with Crippen LogP contribution in [0.1, 0.15) is 34.1 Å². The van der Waals surface area contributed by atoms with Crippen molar-refractivity contribution in [3.8, 4) is 0 Å². The van der Waals surface area contributed by atoms with Crippen LogP contribution in [0.25, 0.3) is 0 Å². The molecule has 0 aliphatic carbocycles. The van der Waals surface area contributed by atoms with Gasteiger partial charge in [-0.25, -0.2) is 4.79 Å². The van der Waals surface area contributed by atoms with Gasteiger partial charge in [0, 0.05) is 10.6 Å². The molecule has 9 nitrogen and oxygen atoms in total. The molecule has 4 rings (SSSR count). The number of hydrogen-bond acceptors (Lipinski definition) is 6. The summed E-state index contributed by atoms with van der Waals surface area (Å²) in [6.45, 7) is 1.67. The Balaban J connectivity index is 1.45. The van der Waals surface area contributed by atoms with Crippen molar-refractivity contribution < 1.29 is 24.3 Å². The van der Waals surface area contributed by atoms with E-state index in [0.717, 1.165) is 0 Å². The molecule has 1 aliphatic rings. The molecule has 3 aromatic rings. The van der Waals surface area contributed by atoms with Crippen LogP contribution in [0.3, 0.4) is 0 Å². The molecule has 1 aliphatic heterocycles. The second-order valence-electron chi connectivity index (χ2n) is 8.31. The monoisotopic (exact) mass is 638 g/mol. The Bertz CT molecular complexity index is 1570. The van der Waals surface area contributed by atoms with E-state index in [2.05, 4.69) is 15.7 Å². The summed E-state index contributed by atoms with van der Waals surface area (Å²) in [5.41, 5.74) is -0.149. The summed E-state index contributed by atoms with van der Waals surface area (Å²) in [5.74, 6) is -2.79. The van der Waals surface area contributed by atoms with Gasteiger partial charge in [-0.05, 0) is 37.3 Å². The van der Waals surface area contributed by atoms with E-state index in [1.54, 1.807) is 55.5 Å². The van der Waals surface area contributed by atoms with Crippen LogP contribution in [-0.4, -0.2) is 39.9 Å². The van der Waals surface area contributed by atoms with Gasteiger partial charge in [0.15, 0.2) is 0 Å². The molecular formula is C26H18Cl4N4O5S. The van der Waals surface area contributed by atoms with Crippen LogP contribution < -0.4 is 15.6 Å². The van der Waals surface area contributed by atoms with Gasteiger partial charge in [-0.3, -0.25) is 14.4 Å². The molecule has 0 fully saturated rings. The van der Waals surface area contributed by atoms with Crippen molar-refractivity contribution in [1.82, 2.24) is 5.32 Å². The SMILES string of the molecule is CC(Sc1cccc(NC(=O)c2c(Cl)c(Cl)c(Cl)c(Cl)c2C(=O)O)c1)C(=O)NC1=NN(c2ccccc2)C(=O)C1. The van der Waals surface area contributed by atoms with E-state index in [0.29, 0.717) is 16.3 Å². The Labute approximate surface area is 252 Å². The first kappa shape index (κ1) is 29.7. The van der Waals surface area contributed by atoms with E-state index in [1.165, 1.54) is 16.8 Å². The second-order valence-corrected chi connectivity index (χ2v) is 11.2. The van der Waals surface area contributed by atoms with Gasteiger partial charge in [-0.15, -0.1) is 11.8 Å². The number of nitrogens with one attached hydrogen (secondary N) is 2. The predicted octanol–water partition coefficient (Wildman–Crippen LogP) is 6.60. The number of amides is 3. The van der Waals surface area contributed by atoms with Crippen molar-refractivity contribution in [3.63, 3.8) is 0 Å². The first-order valence-electron chi connectivity index (χ1n) is 11.4. The van der Waals surface area contributed by atoms with Crippen LogP contribution in [0.2, 0.25) is 20.1 Å². The molecule has 0 aromatic heterocycles. The van der Waals surface area contributed by atoms with E-state index in [9.17, 15) is 24.3 Å². The first-order chi connectivity index (χ1) is 19.0. The number of thioether (sulfide) groups is 1. The summed E-state index contributed by atoms with van der Waals surface area (Å²) in [4.78, 5) is 50.6. The number of benzene rings is 3. The first-order valence-corrected chi connectivity index (χ1v) is 13.8. The Morgan fingerprint density at radius 3 is 2.23 bits per heavy atom. The molecule has 3 amide bonds. The standard InChI is InChI=1S/C26H18Cl4N4O5S/c1-12(24(36)32-16-11-17(35)34(33-16)14-7-3-2-4-8-14)40-15-9-5-6-13(10-15)31-25(37)18-19(26(38)39)21(28)23(30)22(29)20(18)27/h2-10,12H,11H2,1H3,(H,31,37)(H,38,39)(H,32,33,36). The number of carboxylic acid groups (broad SMARTS) is 1. The molecule has 0 spiro atoms. The number of carboxylic acids is 1. The third-order valence-corrected chi connectivity index (χ3v) is 8.42. The van der Waals surface area contributed by atoms with Gasteiger partial charge in [0.2, 0.25) is 5.91 Å². The summed E-state index contributed by atoms with van der Waals surface area (Å²) >= 11 is 25.4. The molecule has 1 unspecified atom stereocenters. The minimum Gasteiger partial charge on any atom is -0.478 e. The van der Waals surface area contributed by atoms with Crippen molar-refractivity contribution >= 4 is 99.1 Å². The number of rotatable bonds is 7. The molecule has 1 atom stereocenters. The van der Waals surface area contributed by atoms with E-state index >= 15 is 0 Å². The third-order valence-electron chi connectivity index (χ3n) is 5.53. The second kappa shape index (κ2) is 12.5. The van der Waals surface area contributed by atoms with Gasteiger partial charge in [-0.2, -0.15) is 10.1 Å². The maximum atomic E-state index is 13.0. The number of anilines is 2. The number of amidine groups is 1.